The third-order valence-corrected chi connectivity index (χ3v) is 11.7. The molecule has 0 unspecified atom stereocenters. The molecule has 35 nitrogen and oxygen atoms in total. The van der Waals surface area contributed by atoms with Gasteiger partial charge in [0.15, 0.2) is 17.2 Å². The fourth-order valence-corrected chi connectivity index (χ4v) is 7.19. The van der Waals surface area contributed by atoms with E-state index in [0.29, 0.717) is 21.8 Å². The van der Waals surface area contributed by atoms with E-state index in [1.807, 2.05) is 38.6 Å². The Bertz CT molecular complexity index is 4030. The lowest BCUT2D eigenvalue weighted by atomic mass is 10.0. The number of nitrogen functional groups attached to an aromatic ring is 9. The van der Waals surface area contributed by atoms with Gasteiger partial charge in [-0.2, -0.15) is 0 Å². The van der Waals surface area contributed by atoms with Gasteiger partial charge in [-0.25, -0.2) is 40.9 Å². The summed E-state index contributed by atoms with van der Waals surface area (Å²) < 4.78 is 0. The average Bonchev–Trinajstić information content (AvgIpc) is 1.16. The quantitative estimate of drug-likeness (QED) is 0.0249. The number of hydrogen-bond acceptors (Lipinski definition) is 28. The summed E-state index contributed by atoms with van der Waals surface area (Å²) in [4.78, 5) is 77.1. The number of phenols is 12. The Morgan fingerprint density at radius 1 is 0.272 bits per heavy atom. The molecular formula is C57H62N16O19. The smallest absolute Gasteiger partial charge is 0.272 e. The number of carbonyl (C=O) groups is 7. The molecule has 0 aromatic heterocycles. The van der Waals surface area contributed by atoms with E-state index in [2.05, 4.69) is 0 Å². The minimum Gasteiger partial charge on any atom is -0.508 e. The highest BCUT2D eigenvalue weighted by atomic mass is 16.3. The van der Waals surface area contributed by atoms with Crippen LogP contribution in [-0.2, 0) is 0 Å². The number of rotatable bonds is 7. The number of anilines is 2. The van der Waals surface area contributed by atoms with Crippen LogP contribution >= 0.6 is 0 Å². The number of phenolic OH excluding ortho intramolecular Hbond substituents is 12. The van der Waals surface area contributed by atoms with Gasteiger partial charge in [-0.1, -0.05) is 48.5 Å². The first-order valence-corrected chi connectivity index (χ1v) is 25.2. The molecule has 0 aliphatic rings. The number of fused-ring (bicyclic) bond motifs is 2. The molecule has 0 radical (unpaired) electrons. The third-order valence-electron chi connectivity index (χ3n) is 11.7. The first-order valence-electron chi connectivity index (χ1n) is 25.2. The normalized spacial score (nSPS) is 9.73. The first-order chi connectivity index (χ1) is 43.5. The molecule has 0 atom stereocenters. The highest BCUT2D eigenvalue weighted by Gasteiger charge is 2.18. The van der Waals surface area contributed by atoms with Gasteiger partial charge in [0, 0.05) is 28.6 Å². The molecule has 0 heterocycles. The van der Waals surface area contributed by atoms with Crippen LogP contribution in [0, 0.1) is 0 Å². The van der Waals surface area contributed by atoms with Gasteiger partial charge in [0.05, 0.1) is 39.1 Å². The molecule has 0 aliphatic carbocycles. The molecule has 0 fully saturated rings. The molecule has 9 aromatic rings. The summed E-state index contributed by atoms with van der Waals surface area (Å²) in [5.41, 5.74) is 24.7. The van der Waals surface area contributed by atoms with E-state index in [0.717, 1.165) is 17.5 Å². The summed E-state index contributed by atoms with van der Waals surface area (Å²) in [5, 5.41) is 113. The number of benzene rings is 9. The molecule has 7 amide bonds. The predicted molar refractivity (Wildman–Crippen MR) is 330 cm³/mol. The third kappa shape index (κ3) is 19.9. The van der Waals surface area contributed by atoms with Gasteiger partial charge in [0.25, 0.3) is 41.4 Å². The number of amides is 7. The van der Waals surface area contributed by atoms with Gasteiger partial charge in [-0.15, -0.1) is 0 Å². The van der Waals surface area contributed by atoms with Crippen LogP contribution in [-0.4, -0.2) is 103 Å². The number of nitrogens with two attached hydrogens (primary N) is 9. The molecule has 9 rings (SSSR count). The first kappa shape index (κ1) is 73.0. The molecule has 0 spiro atoms. The minimum atomic E-state index is -0.731. The lowest BCUT2D eigenvalue weighted by molar-refractivity contribution is 0.0939. The molecular weight excluding hydrogens is 1210 g/mol. The summed E-state index contributed by atoms with van der Waals surface area (Å²) in [7, 11) is 0. The fourth-order valence-electron chi connectivity index (χ4n) is 7.19. The van der Waals surface area contributed by atoms with Gasteiger partial charge < -0.3 is 72.7 Å². The second-order valence-corrected chi connectivity index (χ2v) is 17.6. The Labute approximate surface area is 517 Å². The van der Waals surface area contributed by atoms with Gasteiger partial charge in [0.1, 0.15) is 57.3 Å². The molecule has 484 valence electrons. The van der Waals surface area contributed by atoms with Crippen LogP contribution in [0.3, 0.4) is 0 Å². The van der Waals surface area contributed by atoms with E-state index in [-0.39, 0.29) is 108 Å². The minimum absolute atomic E-state index is 0.0234. The Morgan fingerprint density at radius 2 is 0.663 bits per heavy atom. The summed E-state index contributed by atoms with van der Waals surface area (Å²) in [6, 6.07) is 35.8. The summed E-state index contributed by atoms with van der Waals surface area (Å²) in [6.45, 7) is 0. The monoisotopic (exact) mass is 1270 g/mol. The van der Waals surface area contributed by atoms with Crippen LogP contribution in [0.5, 0.6) is 69.0 Å². The van der Waals surface area contributed by atoms with Crippen molar-refractivity contribution in [1.82, 2.24) is 38.0 Å². The maximum absolute atomic E-state index is 11.4. The SMILES string of the molecule is NNC(=O)c1c(O)cccc1O.NNC(=O)c1cc(O)ccc1O.NNC(=O)c1cc2cccc(O)c2cc1O.NNC(=O)c1cc2ccccc2c(N)c1O.NNC(=O)c1ccc(N)cc1O.NNC(=O)c1ccc(O)cc1O.NNC(=O)c1cccc(O)c1O. The zero-order valence-corrected chi connectivity index (χ0v) is 47.4. The summed E-state index contributed by atoms with van der Waals surface area (Å²) >= 11 is 0. The number of para-hydroxylation sites is 1. The van der Waals surface area contributed by atoms with Gasteiger partial charge in [0.2, 0.25) is 0 Å². The number of hydrazine groups is 7. The van der Waals surface area contributed by atoms with Crippen molar-refractivity contribution in [3.63, 3.8) is 0 Å². The van der Waals surface area contributed by atoms with Crippen LogP contribution in [0.2, 0.25) is 0 Å². The van der Waals surface area contributed by atoms with Crippen molar-refractivity contribution in [3.8, 4) is 69.0 Å². The zero-order valence-electron chi connectivity index (χ0n) is 47.4. The predicted octanol–water partition coefficient (Wildman–Crippen LogP) is -0.0313. The lowest BCUT2D eigenvalue weighted by Gasteiger charge is -2.09. The summed E-state index contributed by atoms with van der Waals surface area (Å²) in [5.74, 6) is 27.1. The van der Waals surface area contributed by atoms with Crippen molar-refractivity contribution in [2.75, 3.05) is 11.5 Å². The number of hydrogen-bond donors (Lipinski definition) is 28. The maximum Gasteiger partial charge on any atom is 0.272 e. The van der Waals surface area contributed by atoms with E-state index >= 15 is 0 Å². The molecule has 0 saturated carbocycles. The van der Waals surface area contributed by atoms with Crippen molar-refractivity contribution in [2.45, 2.75) is 0 Å². The largest absolute Gasteiger partial charge is 0.508 e. The molecule has 0 bridgehead atoms. The molecule has 37 N–H and O–H groups in total. The lowest BCUT2D eigenvalue weighted by Crippen LogP contribution is -2.30. The summed E-state index contributed by atoms with van der Waals surface area (Å²) in [6.07, 6.45) is 0. The van der Waals surface area contributed by atoms with E-state index < -0.39 is 47.1 Å². The van der Waals surface area contributed by atoms with Gasteiger partial charge in [-0.3, -0.25) is 71.5 Å². The Kier molecular flexibility index (Phi) is 27.6. The standard InChI is InChI=1S/C11H11N3O2.C11H10N2O3.C7H9N3O2.4C7H8N2O3/c12-9-7-4-2-1-3-6(7)5-8(10(9)15)11(16)14-13;12-13-11(16)8-4-6-2-1-3-9(14)7(6)5-10(8)15;8-4-1-2-5(6(11)3-4)7(12)10-9;8-9-7(12)5-3-4(10)1-2-6(5)11;8-9-7(12)5-2-1-4(10)3-6(5)11;8-9-7(12)6-4(10)2-1-3-5(6)11;8-9-7(12)4-2-1-3-5(10)6(4)11/h1-5,15H,12-13H2,(H,14,16);1-5,14-15H,12H2,(H,13,16);1-3,11H,8-9H2,(H,10,12);4*1-3,10-11H,8H2,(H,9,12). The molecule has 0 aliphatic heterocycles. The van der Waals surface area contributed by atoms with Gasteiger partial charge in [-0.05, 0) is 102 Å². The molecule has 92 heavy (non-hydrogen) atoms. The molecule has 35 heteroatoms. The Hall–Kier alpha value is -13.3. The maximum atomic E-state index is 11.4. The Morgan fingerprint density at radius 3 is 1.21 bits per heavy atom. The van der Waals surface area contributed by atoms with Gasteiger partial charge >= 0.3 is 0 Å². The van der Waals surface area contributed by atoms with Crippen LogP contribution in [0.4, 0.5) is 11.4 Å². The number of nitrogens with one attached hydrogen (secondary N) is 7. The molecule has 9 aromatic carbocycles. The van der Waals surface area contributed by atoms with Crippen molar-refractivity contribution >= 4 is 74.3 Å². The average molecular weight is 1280 g/mol. The topological polar surface area (TPSA) is 681 Å². The van der Waals surface area contributed by atoms with E-state index in [1.165, 1.54) is 97.1 Å². The van der Waals surface area contributed by atoms with Crippen molar-refractivity contribution in [1.29, 1.82) is 0 Å². The van der Waals surface area contributed by atoms with Crippen molar-refractivity contribution in [3.05, 3.63) is 191 Å². The number of aromatic hydroxyl groups is 12. The highest BCUT2D eigenvalue weighted by Crippen LogP contribution is 2.34. The highest BCUT2D eigenvalue weighted by molar-refractivity contribution is 6.07. The Balaban J connectivity index is 0.000000281. The second kappa shape index (κ2) is 34.8. The fraction of sp³-hybridized carbons (Fsp3) is 0. The van der Waals surface area contributed by atoms with Crippen LogP contribution in [0.15, 0.2) is 152 Å². The van der Waals surface area contributed by atoms with Crippen LogP contribution < -0.4 is 90.3 Å². The zero-order chi connectivity index (χ0) is 69.1. The van der Waals surface area contributed by atoms with Crippen molar-refractivity contribution in [2.24, 2.45) is 40.9 Å². The van der Waals surface area contributed by atoms with E-state index in [9.17, 15) is 54.0 Å². The second-order valence-electron chi connectivity index (χ2n) is 17.6. The van der Waals surface area contributed by atoms with Crippen molar-refractivity contribution < 1.29 is 94.8 Å². The van der Waals surface area contributed by atoms with E-state index in [1.54, 1.807) is 41.8 Å². The number of carbonyl (C=O) groups excluding carboxylic acids is 7. The molecule has 0 saturated heterocycles. The van der Waals surface area contributed by atoms with Crippen LogP contribution in [0.1, 0.15) is 72.5 Å². The van der Waals surface area contributed by atoms with E-state index in [4.69, 9.17) is 93.2 Å². The van der Waals surface area contributed by atoms with Crippen LogP contribution in [0.25, 0.3) is 21.5 Å².